The van der Waals surface area contributed by atoms with Gasteiger partial charge in [0.25, 0.3) is 0 Å². The summed E-state index contributed by atoms with van der Waals surface area (Å²) in [5.74, 6) is 0.0430. The Labute approximate surface area is 96.8 Å². The molecule has 4 nitrogen and oxygen atoms in total. The van der Waals surface area contributed by atoms with Crippen LogP contribution in [0.5, 0.6) is 0 Å². The second-order valence-corrected chi connectivity index (χ2v) is 5.60. The van der Waals surface area contributed by atoms with Gasteiger partial charge in [0.1, 0.15) is 5.54 Å². The first kappa shape index (κ1) is 11.9. The largest absolute Gasteiger partial charge is 0.480 e. The number of hydrogen-bond acceptors (Lipinski definition) is 3. The molecule has 3 N–H and O–H groups in total. The van der Waals surface area contributed by atoms with Crippen molar-refractivity contribution in [1.29, 1.82) is 0 Å². The molecule has 2 fully saturated rings. The zero-order valence-corrected chi connectivity index (χ0v) is 9.98. The van der Waals surface area contributed by atoms with E-state index in [1.165, 1.54) is 12.8 Å². The second kappa shape index (κ2) is 4.34. The summed E-state index contributed by atoms with van der Waals surface area (Å²) in [7, 11) is 0. The van der Waals surface area contributed by atoms with Crippen molar-refractivity contribution in [2.24, 2.45) is 17.6 Å². The third kappa shape index (κ3) is 2.38. The molecule has 2 aliphatic rings. The highest BCUT2D eigenvalue weighted by Gasteiger charge is 2.49. The van der Waals surface area contributed by atoms with E-state index in [-0.39, 0.29) is 5.92 Å². The normalized spacial score (nSPS) is 31.0. The van der Waals surface area contributed by atoms with Gasteiger partial charge in [-0.15, -0.1) is 0 Å². The molecule has 1 saturated carbocycles. The Morgan fingerprint density at radius 3 is 2.69 bits per heavy atom. The van der Waals surface area contributed by atoms with Crippen molar-refractivity contribution < 1.29 is 9.90 Å². The number of carboxylic acids is 1. The van der Waals surface area contributed by atoms with Crippen molar-refractivity contribution in [1.82, 2.24) is 4.90 Å². The molecule has 4 heteroatoms. The van der Waals surface area contributed by atoms with Crippen molar-refractivity contribution in [3.63, 3.8) is 0 Å². The standard InChI is InChI=1S/C12H22N2O2/c1-9-3-2-6-14(7-9)8-12(13,11(15)16)10-4-5-10/h9-10H,2-8,13H2,1H3,(H,15,16). The monoisotopic (exact) mass is 226 g/mol. The lowest BCUT2D eigenvalue weighted by Crippen LogP contribution is -2.59. The van der Waals surface area contributed by atoms with Gasteiger partial charge in [0.05, 0.1) is 0 Å². The molecule has 0 bridgehead atoms. The molecule has 92 valence electrons. The third-order valence-corrected chi connectivity index (χ3v) is 3.93. The molecule has 0 amide bonds. The summed E-state index contributed by atoms with van der Waals surface area (Å²) in [6.45, 7) is 4.75. The minimum Gasteiger partial charge on any atom is -0.480 e. The van der Waals surface area contributed by atoms with Gasteiger partial charge in [-0.1, -0.05) is 6.92 Å². The van der Waals surface area contributed by atoms with Crippen molar-refractivity contribution in [2.75, 3.05) is 19.6 Å². The van der Waals surface area contributed by atoms with Gasteiger partial charge >= 0.3 is 5.97 Å². The van der Waals surface area contributed by atoms with Crippen LogP contribution in [0.2, 0.25) is 0 Å². The molecule has 0 aromatic carbocycles. The highest BCUT2D eigenvalue weighted by molar-refractivity contribution is 5.79. The fourth-order valence-electron chi connectivity index (χ4n) is 2.77. The number of hydrogen-bond donors (Lipinski definition) is 2. The van der Waals surface area contributed by atoms with Crippen LogP contribution >= 0.6 is 0 Å². The van der Waals surface area contributed by atoms with Crippen molar-refractivity contribution in [3.8, 4) is 0 Å². The topological polar surface area (TPSA) is 66.6 Å². The van der Waals surface area contributed by atoms with Crippen LogP contribution in [0.1, 0.15) is 32.6 Å². The lowest BCUT2D eigenvalue weighted by molar-refractivity contribution is -0.145. The number of likely N-dealkylation sites (tertiary alicyclic amines) is 1. The van der Waals surface area contributed by atoms with Crippen LogP contribution in [0, 0.1) is 11.8 Å². The number of nitrogens with two attached hydrogens (primary N) is 1. The highest BCUT2D eigenvalue weighted by Crippen LogP contribution is 2.39. The van der Waals surface area contributed by atoms with Crippen LogP contribution in [-0.4, -0.2) is 41.1 Å². The van der Waals surface area contributed by atoms with Crippen LogP contribution in [0.15, 0.2) is 0 Å². The van der Waals surface area contributed by atoms with Gasteiger partial charge in [0.15, 0.2) is 0 Å². The smallest absolute Gasteiger partial charge is 0.325 e. The minimum atomic E-state index is -1.00. The first-order chi connectivity index (χ1) is 7.52. The van der Waals surface area contributed by atoms with E-state index in [0.29, 0.717) is 12.5 Å². The summed E-state index contributed by atoms with van der Waals surface area (Å²) in [5.41, 5.74) is 5.08. The molecule has 1 aliphatic carbocycles. The number of carbonyl (C=O) groups is 1. The molecule has 2 unspecified atom stereocenters. The van der Waals surface area contributed by atoms with Crippen LogP contribution in [0.3, 0.4) is 0 Å². The van der Waals surface area contributed by atoms with Crippen molar-refractivity contribution in [3.05, 3.63) is 0 Å². The zero-order valence-electron chi connectivity index (χ0n) is 9.98. The van der Waals surface area contributed by atoms with Crippen LogP contribution in [-0.2, 0) is 4.79 Å². The summed E-state index contributed by atoms with van der Waals surface area (Å²) >= 11 is 0. The fraction of sp³-hybridized carbons (Fsp3) is 0.917. The van der Waals surface area contributed by atoms with Crippen molar-refractivity contribution >= 4 is 5.97 Å². The lowest BCUT2D eigenvalue weighted by Gasteiger charge is -2.36. The van der Waals surface area contributed by atoms with Gasteiger partial charge in [-0.3, -0.25) is 4.79 Å². The summed E-state index contributed by atoms with van der Waals surface area (Å²) < 4.78 is 0. The van der Waals surface area contributed by atoms with Gasteiger partial charge in [-0.05, 0) is 44.1 Å². The number of carboxylic acid groups (broad SMARTS) is 1. The first-order valence-corrected chi connectivity index (χ1v) is 6.27. The summed E-state index contributed by atoms with van der Waals surface area (Å²) in [5, 5.41) is 9.29. The summed E-state index contributed by atoms with van der Waals surface area (Å²) in [6.07, 6.45) is 4.38. The van der Waals surface area contributed by atoms with Crippen LogP contribution < -0.4 is 5.73 Å². The Bertz CT molecular complexity index is 278. The molecule has 0 aromatic rings. The minimum absolute atomic E-state index is 0.197. The average Bonchev–Trinajstić information content (AvgIpc) is 3.00. The molecule has 1 saturated heterocycles. The predicted octanol–water partition coefficient (Wildman–Crippen LogP) is 0.910. The lowest BCUT2D eigenvalue weighted by atomic mass is 9.91. The molecule has 1 aliphatic heterocycles. The summed E-state index contributed by atoms with van der Waals surface area (Å²) in [4.78, 5) is 13.5. The molecule has 0 spiro atoms. The van der Waals surface area contributed by atoms with E-state index in [4.69, 9.17) is 5.73 Å². The van der Waals surface area contributed by atoms with Gasteiger partial charge in [-0.2, -0.15) is 0 Å². The maximum absolute atomic E-state index is 11.3. The molecular weight excluding hydrogens is 204 g/mol. The SMILES string of the molecule is CC1CCCN(CC(N)(C(=O)O)C2CC2)C1. The Morgan fingerprint density at radius 2 is 2.19 bits per heavy atom. The Hall–Kier alpha value is -0.610. The Kier molecular flexibility index (Phi) is 3.22. The van der Waals surface area contributed by atoms with E-state index in [9.17, 15) is 9.90 Å². The maximum Gasteiger partial charge on any atom is 0.325 e. The molecular formula is C12H22N2O2. The number of nitrogens with zero attached hydrogens (tertiary/aromatic N) is 1. The third-order valence-electron chi connectivity index (χ3n) is 3.93. The van der Waals surface area contributed by atoms with Crippen LogP contribution in [0.4, 0.5) is 0 Å². The predicted molar refractivity (Wildman–Crippen MR) is 62.1 cm³/mol. The first-order valence-electron chi connectivity index (χ1n) is 6.27. The number of rotatable bonds is 4. The molecule has 0 aromatic heterocycles. The number of aliphatic carboxylic acids is 1. The molecule has 16 heavy (non-hydrogen) atoms. The second-order valence-electron chi connectivity index (χ2n) is 5.60. The van der Waals surface area contributed by atoms with E-state index in [0.717, 1.165) is 25.9 Å². The van der Waals surface area contributed by atoms with Gasteiger partial charge < -0.3 is 15.7 Å². The van der Waals surface area contributed by atoms with Gasteiger partial charge in [-0.25, -0.2) is 0 Å². The zero-order chi connectivity index (χ0) is 11.8. The van der Waals surface area contributed by atoms with Crippen LogP contribution in [0.25, 0.3) is 0 Å². The van der Waals surface area contributed by atoms with Gasteiger partial charge in [0.2, 0.25) is 0 Å². The van der Waals surface area contributed by atoms with E-state index in [1.807, 2.05) is 0 Å². The molecule has 2 atom stereocenters. The Morgan fingerprint density at radius 1 is 1.50 bits per heavy atom. The van der Waals surface area contributed by atoms with Crippen molar-refractivity contribution in [2.45, 2.75) is 38.1 Å². The maximum atomic E-state index is 11.3. The quantitative estimate of drug-likeness (QED) is 0.747. The number of piperidine rings is 1. The highest BCUT2D eigenvalue weighted by atomic mass is 16.4. The average molecular weight is 226 g/mol. The molecule has 0 radical (unpaired) electrons. The molecule has 2 rings (SSSR count). The van der Waals surface area contributed by atoms with Gasteiger partial charge in [0, 0.05) is 13.1 Å². The van der Waals surface area contributed by atoms with E-state index in [2.05, 4.69) is 11.8 Å². The fourth-order valence-corrected chi connectivity index (χ4v) is 2.77. The van der Waals surface area contributed by atoms with E-state index >= 15 is 0 Å². The van der Waals surface area contributed by atoms with E-state index in [1.54, 1.807) is 0 Å². The summed E-state index contributed by atoms with van der Waals surface area (Å²) in [6, 6.07) is 0. The van der Waals surface area contributed by atoms with E-state index < -0.39 is 11.5 Å². The molecule has 1 heterocycles. The Balaban J connectivity index is 1.97.